The molecule has 1 aromatic rings. The minimum Gasteiger partial charge on any atom is -0.377 e. The standard InChI is InChI=1S/C14H17FN2O/c15-14-12(8-16)2-1-3-13(14)10-18-7-5-11-4-6-17-9-11/h1-3,11,17H,4-7,9-10H2. The van der Waals surface area contributed by atoms with Crippen molar-refractivity contribution >= 4 is 0 Å². The van der Waals surface area contributed by atoms with Crippen molar-refractivity contribution in [2.24, 2.45) is 5.92 Å². The number of nitriles is 1. The highest BCUT2D eigenvalue weighted by Crippen LogP contribution is 2.15. The van der Waals surface area contributed by atoms with Gasteiger partial charge in [-0.15, -0.1) is 0 Å². The fourth-order valence-electron chi connectivity index (χ4n) is 2.17. The number of halogens is 1. The van der Waals surface area contributed by atoms with Crippen molar-refractivity contribution in [3.05, 3.63) is 35.1 Å². The van der Waals surface area contributed by atoms with Crippen molar-refractivity contribution < 1.29 is 9.13 Å². The predicted molar refractivity (Wildman–Crippen MR) is 66.4 cm³/mol. The van der Waals surface area contributed by atoms with Gasteiger partial charge in [-0.1, -0.05) is 12.1 Å². The zero-order valence-corrected chi connectivity index (χ0v) is 10.3. The van der Waals surface area contributed by atoms with Crippen LogP contribution in [0.15, 0.2) is 18.2 Å². The van der Waals surface area contributed by atoms with Gasteiger partial charge < -0.3 is 10.1 Å². The van der Waals surface area contributed by atoms with Crippen molar-refractivity contribution in [3.8, 4) is 6.07 Å². The Bertz CT molecular complexity index is 436. The summed E-state index contributed by atoms with van der Waals surface area (Å²) in [5.41, 5.74) is 0.537. The van der Waals surface area contributed by atoms with E-state index < -0.39 is 5.82 Å². The van der Waals surface area contributed by atoms with E-state index in [1.165, 1.54) is 12.5 Å². The van der Waals surface area contributed by atoms with E-state index in [0.717, 1.165) is 19.5 Å². The SMILES string of the molecule is N#Cc1cccc(COCCC2CCNC2)c1F. The van der Waals surface area contributed by atoms with Crippen molar-refractivity contribution in [2.45, 2.75) is 19.4 Å². The summed E-state index contributed by atoms with van der Waals surface area (Å²) < 4.78 is 19.2. The molecule has 1 N–H and O–H groups in total. The van der Waals surface area contributed by atoms with Crippen LogP contribution in [0.1, 0.15) is 24.0 Å². The first kappa shape index (κ1) is 13.0. The quantitative estimate of drug-likeness (QED) is 0.813. The fraction of sp³-hybridized carbons (Fsp3) is 0.500. The van der Waals surface area contributed by atoms with E-state index in [1.807, 2.05) is 6.07 Å². The van der Waals surface area contributed by atoms with E-state index in [4.69, 9.17) is 10.00 Å². The number of nitrogens with one attached hydrogen (secondary N) is 1. The number of hydrogen-bond donors (Lipinski definition) is 1. The zero-order valence-electron chi connectivity index (χ0n) is 10.3. The molecule has 3 nitrogen and oxygen atoms in total. The molecule has 1 heterocycles. The molecular weight excluding hydrogens is 231 g/mol. The molecule has 0 amide bonds. The number of nitrogens with zero attached hydrogens (tertiary/aromatic N) is 1. The van der Waals surface area contributed by atoms with Crippen molar-refractivity contribution in [1.29, 1.82) is 5.26 Å². The maximum atomic E-state index is 13.7. The number of rotatable bonds is 5. The van der Waals surface area contributed by atoms with Crippen LogP contribution in [-0.4, -0.2) is 19.7 Å². The summed E-state index contributed by atoms with van der Waals surface area (Å²) >= 11 is 0. The van der Waals surface area contributed by atoms with Crippen LogP contribution in [0.3, 0.4) is 0 Å². The van der Waals surface area contributed by atoms with Crippen molar-refractivity contribution in [1.82, 2.24) is 5.32 Å². The van der Waals surface area contributed by atoms with E-state index in [-0.39, 0.29) is 12.2 Å². The Morgan fingerprint density at radius 1 is 1.50 bits per heavy atom. The molecule has 0 aliphatic carbocycles. The maximum Gasteiger partial charge on any atom is 0.146 e. The van der Waals surface area contributed by atoms with E-state index >= 15 is 0 Å². The van der Waals surface area contributed by atoms with Gasteiger partial charge >= 0.3 is 0 Å². The number of benzene rings is 1. The lowest BCUT2D eigenvalue weighted by Crippen LogP contribution is -2.11. The van der Waals surface area contributed by atoms with Gasteiger partial charge in [0.1, 0.15) is 11.9 Å². The van der Waals surface area contributed by atoms with E-state index in [0.29, 0.717) is 18.1 Å². The monoisotopic (exact) mass is 248 g/mol. The van der Waals surface area contributed by atoms with Gasteiger partial charge in [-0.3, -0.25) is 0 Å². The third kappa shape index (κ3) is 3.28. The summed E-state index contributed by atoms with van der Waals surface area (Å²) in [6.45, 7) is 3.02. The van der Waals surface area contributed by atoms with Crippen LogP contribution in [0, 0.1) is 23.1 Å². The molecule has 1 saturated heterocycles. The Balaban J connectivity index is 1.78. The molecular formula is C14H17FN2O. The van der Waals surface area contributed by atoms with Crippen LogP contribution in [0.2, 0.25) is 0 Å². The van der Waals surface area contributed by atoms with Gasteiger partial charge in [-0.25, -0.2) is 4.39 Å². The van der Waals surface area contributed by atoms with Crippen molar-refractivity contribution in [3.63, 3.8) is 0 Å². The second kappa shape index (κ2) is 6.48. The molecule has 0 radical (unpaired) electrons. The summed E-state index contributed by atoms with van der Waals surface area (Å²) in [6.07, 6.45) is 2.20. The van der Waals surface area contributed by atoms with Gasteiger partial charge in [0, 0.05) is 12.2 Å². The fourth-order valence-corrected chi connectivity index (χ4v) is 2.17. The van der Waals surface area contributed by atoms with E-state index in [9.17, 15) is 4.39 Å². The van der Waals surface area contributed by atoms with Crippen LogP contribution >= 0.6 is 0 Å². The first-order chi connectivity index (χ1) is 8.81. The summed E-state index contributed by atoms with van der Waals surface area (Å²) in [6, 6.07) is 6.65. The van der Waals surface area contributed by atoms with Gasteiger partial charge in [0.25, 0.3) is 0 Å². The molecule has 0 aromatic heterocycles. The second-order valence-corrected chi connectivity index (χ2v) is 4.59. The minimum absolute atomic E-state index is 0.0797. The molecule has 1 aromatic carbocycles. The van der Waals surface area contributed by atoms with Crippen LogP contribution in [0.4, 0.5) is 4.39 Å². The van der Waals surface area contributed by atoms with Gasteiger partial charge in [-0.2, -0.15) is 5.26 Å². The molecule has 1 atom stereocenters. The molecule has 0 spiro atoms. The highest BCUT2D eigenvalue weighted by Gasteiger charge is 2.14. The average Bonchev–Trinajstić information content (AvgIpc) is 2.89. The smallest absolute Gasteiger partial charge is 0.146 e. The lowest BCUT2D eigenvalue weighted by molar-refractivity contribution is 0.107. The second-order valence-electron chi connectivity index (χ2n) is 4.59. The largest absolute Gasteiger partial charge is 0.377 e. The normalized spacial score (nSPS) is 18.8. The van der Waals surface area contributed by atoms with E-state index in [1.54, 1.807) is 12.1 Å². The molecule has 0 saturated carbocycles. The molecule has 2 rings (SSSR count). The van der Waals surface area contributed by atoms with Crippen LogP contribution in [0.25, 0.3) is 0 Å². The van der Waals surface area contributed by atoms with Crippen LogP contribution < -0.4 is 5.32 Å². The highest BCUT2D eigenvalue weighted by atomic mass is 19.1. The van der Waals surface area contributed by atoms with Gasteiger partial charge in [0.05, 0.1) is 12.2 Å². The minimum atomic E-state index is -0.456. The lowest BCUT2D eigenvalue weighted by atomic mass is 10.1. The van der Waals surface area contributed by atoms with Crippen molar-refractivity contribution in [2.75, 3.05) is 19.7 Å². The highest BCUT2D eigenvalue weighted by molar-refractivity contribution is 5.34. The van der Waals surface area contributed by atoms with Crippen LogP contribution in [0.5, 0.6) is 0 Å². The first-order valence-corrected chi connectivity index (χ1v) is 6.27. The summed E-state index contributed by atoms with van der Waals surface area (Å²) in [5.74, 6) is 0.225. The third-order valence-electron chi connectivity index (χ3n) is 3.29. The maximum absolute atomic E-state index is 13.7. The average molecular weight is 248 g/mol. The number of ether oxygens (including phenoxy) is 1. The van der Waals surface area contributed by atoms with Gasteiger partial charge in [0.15, 0.2) is 0 Å². The molecule has 1 aliphatic heterocycles. The van der Waals surface area contributed by atoms with Gasteiger partial charge in [0.2, 0.25) is 0 Å². The predicted octanol–water partition coefficient (Wildman–Crippen LogP) is 2.21. The molecule has 0 bridgehead atoms. The third-order valence-corrected chi connectivity index (χ3v) is 3.29. The Labute approximate surface area is 107 Å². The summed E-state index contributed by atoms with van der Waals surface area (Å²) in [7, 11) is 0. The molecule has 4 heteroatoms. The van der Waals surface area contributed by atoms with E-state index in [2.05, 4.69) is 5.32 Å². The topological polar surface area (TPSA) is 45.0 Å². The molecule has 1 aliphatic rings. The summed E-state index contributed by atoms with van der Waals surface area (Å²) in [5, 5.41) is 12.0. The lowest BCUT2D eigenvalue weighted by Gasteiger charge is -2.09. The van der Waals surface area contributed by atoms with Gasteiger partial charge in [-0.05, 0) is 37.9 Å². The molecule has 18 heavy (non-hydrogen) atoms. The Hall–Kier alpha value is -1.44. The Kier molecular flexibility index (Phi) is 4.68. The summed E-state index contributed by atoms with van der Waals surface area (Å²) in [4.78, 5) is 0. The molecule has 96 valence electrons. The van der Waals surface area contributed by atoms with Crippen LogP contribution in [-0.2, 0) is 11.3 Å². The zero-order chi connectivity index (χ0) is 12.8. The molecule has 1 unspecified atom stereocenters. The first-order valence-electron chi connectivity index (χ1n) is 6.27. The Morgan fingerprint density at radius 2 is 2.39 bits per heavy atom. The molecule has 1 fully saturated rings. The Morgan fingerprint density at radius 3 is 3.11 bits per heavy atom. The number of hydrogen-bond acceptors (Lipinski definition) is 3.